The van der Waals surface area contributed by atoms with Crippen LogP contribution in [0.1, 0.15) is 32.3 Å². The third-order valence-corrected chi connectivity index (χ3v) is 5.50. The first kappa shape index (κ1) is 17.9. The average Bonchev–Trinajstić information content (AvgIpc) is 2.97. The van der Waals surface area contributed by atoms with Crippen LogP contribution in [0.5, 0.6) is 0 Å². The van der Waals surface area contributed by atoms with Gasteiger partial charge in [0.1, 0.15) is 5.82 Å². The third-order valence-electron chi connectivity index (χ3n) is 3.96. The molecule has 6 heteroatoms. The van der Waals surface area contributed by atoms with Gasteiger partial charge in [-0.05, 0) is 50.1 Å². The van der Waals surface area contributed by atoms with Crippen molar-refractivity contribution in [2.24, 2.45) is 4.99 Å². The monoisotopic (exact) mass is 335 g/mol. The summed E-state index contributed by atoms with van der Waals surface area (Å²) in [5.74, 6) is 3.13. The molecule has 2 rings (SSSR count). The van der Waals surface area contributed by atoms with Crippen LogP contribution >= 0.6 is 11.8 Å². The molecule has 0 radical (unpaired) electrons. The van der Waals surface area contributed by atoms with Crippen LogP contribution in [0.15, 0.2) is 23.3 Å². The molecule has 23 heavy (non-hydrogen) atoms. The highest BCUT2D eigenvalue weighted by atomic mass is 32.2. The maximum absolute atomic E-state index is 4.72. The number of hydrogen-bond donors (Lipinski definition) is 2. The zero-order chi connectivity index (χ0) is 16.7. The Morgan fingerprint density at radius 2 is 2.26 bits per heavy atom. The number of rotatable bonds is 6. The second-order valence-corrected chi connectivity index (χ2v) is 8.05. The fourth-order valence-corrected chi connectivity index (χ4v) is 3.81. The third kappa shape index (κ3) is 5.61. The van der Waals surface area contributed by atoms with E-state index >= 15 is 0 Å². The SMILES string of the molecule is CCNC(=NCc1ccnc(N(C)C)c1)NCC1(C)CCCS1. The van der Waals surface area contributed by atoms with E-state index in [0.29, 0.717) is 11.3 Å². The normalized spacial score (nSPS) is 21.3. The molecule has 1 fully saturated rings. The number of pyridine rings is 1. The van der Waals surface area contributed by atoms with Crippen molar-refractivity contribution in [3.05, 3.63) is 23.9 Å². The van der Waals surface area contributed by atoms with Crippen LogP contribution in [-0.4, -0.2) is 48.6 Å². The lowest BCUT2D eigenvalue weighted by Crippen LogP contribution is -2.43. The molecule has 1 saturated heterocycles. The van der Waals surface area contributed by atoms with Crippen molar-refractivity contribution < 1.29 is 0 Å². The number of nitrogens with one attached hydrogen (secondary N) is 2. The molecule has 1 aromatic rings. The molecule has 0 spiro atoms. The molecule has 0 saturated carbocycles. The number of nitrogens with zero attached hydrogens (tertiary/aromatic N) is 3. The first-order chi connectivity index (χ1) is 11.0. The van der Waals surface area contributed by atoms with Crippen LogP contribution in [0.3, 0.4) is 0 Å². The summed E-state index contributed by atoms with van der Waals surface area (Å²) in [4.78, 5) is 11.1. The summed E-state index contributed by atoms with van der Waals surface area (Å²) < 4.78 is 0.338. The van der Waals surface area contributed by atoms with Crippen molar-refractivity contribution in [2.75, 3.05) is 37.8 Å². The van der Waals surface area contributed by atoms with Crippen molar-refractivity contribution in [2.45, 2.75) is 38.0 Å². The van der Waals surface area contributed by atoms with Crippen molar-refractivity contribution in [3.63, 3.8) is 0 Å². The summed E-state index contributed by atoms with van der Waals surface area (Å²) in [5.41, 5.74) is 1.17. The van der Waals surface area contributed by atoms with Crippen molar-refractivity contribution in [3.8, 4) is 0 Å². The number of anilines is 1. The van der Waals surface area contributed by atoms with Crippen LogP contribution in [0.2, 0.25) is 0 Å². The molecule has 0 aromatic carbocycles. The molecule has 5 nitrogen and oxygen atoms in total. The van der Waals surface area contributed by atoms with Crippen LogP contribution < -0.4 is 15.5 Å². The second kappa shape index (κ2) is 8.43. The molecule has 1 aromatic heterocycles. The molecule has 1 atom stereocenters. The summed E-state index contributed by atoms with van der Waals surface area (Å²) in [5, 5.41) is 6.84. The van der Waals surface area contributed by atoms with Gasteiger partial charge in [-0.3, -0.25) is 0 Å². The Labute approximate surface area is 144 Å². The minimum absolute atomic E-state index is 0.338. The standard InChI is InChI=1S/C17H29N5S/c1-5-18-16(21-13-17(2)8-6-10-23-17)20-12-14-7-9-19-15(11-14)22(3)4/h7,9,11H,5-6,8,10,12-13H2,1-4H3,(H2,18,20,21). The maximum atomic E-state index is 4.72. The second-order valence-electron chi connectivity index (χ2n) is 6.37. The fraction of sp³-hybridized carbons (Fsp3) is 0.647. The maximum Gasteiger partial charge on any atom is 0.191 e. The quantitative estimate of drug-likeness (QED) is 0.618. The summed E-state index contributed by atoms with van der Waals surface area (Å²) in [6.45, 7) is 6.92. The molecular formula is C17H29N5S. The summed E-state index contributed by atoms with van der Waals surface area (Å²) in [7, 11) is 4.00. The topological polar surface area (TPSA) is 52.6 Å². The van der Waals surface area contributed by atoms with Gasteiger partial charge in [0.2, 0.25) is 0 Å². The molecule has 0 amide bonds. The van der Waals surface area contributed by atoms with Crippen molar-refractivity contribution >= 4 is 23.5 Å². The number of aliphatic imine (C=N–C) groups is 1. The lowest BCUT2D eigenvalue weighted by atomic mass is 10.1. The number of hydrogen-bond acceptors (Lipinski definition) is 4. The smallest absolute Gasteiger partial charge is 0.191 e. The first-order valence-electron chi connectivity index (χ1n) is 8.31. The average molecular weight is 336 g/mol. The molecule has 1 aliphatic rings. The Morgan fingerprint density at radius 1 is 1.43 bits per heavy atom. The predicted molar refractivity (Wildman–Crippen MR) is 101 cm³/mol. The van der Waals surface area contributed by atoms with E-state index in [1.807, 2.05) is 31.3 Å². The summed E-state index contributed by atoms with van der Waals surface area (Å²) in [6.07, 6.45) is 4.44. The van der Waals surface area contributed by atoms with Crippen LogP contribution in [-0.2, 0) is 6.54 Å². The van der Waals surface area contributed by atoms with Crippen LogP contribution in [0.4, 0.5) is 5.82 Å². The van der Waals surface area contributed by atoms with Gasteiger partial charge < -0.3 is 15.5 Å². The number of guanidine groups is 1. The van der Waals surface area contributed by atoms with Crippen LogP contribution in [0.25, 0.3) is 0 Å². The first-order valence-corrected chi connectivity index (χ1v) is 9.29. The molecular weight excluding hydrogens is 306 g/mol. The molecule has 2 heterocycles. The zero-order valence-corrected chi connectivity index (χ0v) is 15.5. The molecule has 2 N–H and O–H groups in total. The van der Waals surface area contributed by atoms with E-state index in [1.54, 1.807) is 0 Å². The van der Waals surface area contributed by atoms with E-state index in [-0.39, 0.29) is 0 Å². The lowest BCUT2D eigenvalue weighted by Gasteiger charge is -2.24. The summed E-state index contributed by atoms with van der Waals surface area (Å²) >= 11 is 2.07. The van der Waals surface area contributed by atoms with Gasteiger partial charge in [0.25, 0.3) is 0 Å². The van der Waals surface area contributed by atoms with E-state index in [9.17, 15) is 0 Å². The summed E-state index contributed by atoms with van der Waals surface area (Å²) in [6, 6.07) is 4.11. The number of aromatic nitrogens is 1. The Hall–Kier alpha value is -1.43. The molecule has 1 aliphatic heterocycles. The van der Waals surface area contributed by atoms with Gasteiger partial charge in [0.05, 0.1) is 6.54 Å². The molecule has 1 unspecified atom stereocenters. The highest BCUT2D eigenvalue weighted by Gasteiger charge is 2.29. The van der Waals surface area contributed by atoms with E-state index in [2.05, 4.69) is 47.3 Å². The fourth-order valence-electron chi connectivity index (χ4n) is 2.56. The Morgan fingerprint density at radius 3 is 2.91 bits per heavy atom. The molecule has 128 valence electrons. The van der Waals surface area contributed by atoms with Crippen LogP contribution in [0, 0.1) is 0 Å². The zero-order valence-electron chi connectivity index (χ0n) is 14.7. The van der Waals surface area contributed by atoms with Gasteiger partial charge in [0.15, 0.2) is 5.96 Å². The van der Waals surface area contributed by atoms with E-state index in [0.717, 1.165) is 24.9 Å². The van der Waals surface area contributed by atoms with Crippen molar-refractivity contribution in [1.29, 1.82) is 0 Å². The van der Waals surface area contributed by atoms with E-state index < -0.39 is 0 Å². The van der Waals surface area contributed by atoms with Gasteiger partial charge >= 0.3 is 0 Å². The van der Waals surface area contributed by atoms with Crippen molar-refractivity contribution in [1.82, 2.24) is 15.6 Å². The lowest BCUT2D eigenvalue weighted by molar-refractivity contribution is 0.584. The van der Waals surface area contributed by atoms with E-state index in [1.165, 1.54) is 24.2 Å². The van der Waals surface area contributed by atoms with Gasteiger partial charge in [-0.1, -0.05) is 0 Å². The molecule has 0 bridgehead atoms. The van der Waals surface area contributed by atoms with Gasteiger partial charge in [-0.15, -0.1) is 0 Å². The highest BCUT2D eigenvalue weighted by Crippen LogP contribution is 2.36. The molecule has 0 aliphatic carbocycles. The minimum Gasteiger partial charge on any atom is -0.363 e. The van der Waals surface area contributed by atoms with E-state index in [4.69, 9.17) is 4.99 Å². The number of thioether (sulfide) groups is 1. The largest absolute Gasteiger partial charge is 0.363 e. The minimum atomic E-state index is 0.338. The Balaban J connectivity index is 1.96. The Bertz CT molecular complexity index is 523. The van der Waals surface area contributed by atoms with Gasteiger partial charge in [-0.25, -0.2) is 9.98 Å². The Kier molecular flexibility index (Phi) is 6.57. The van der Waals surface area contributed by atoms with Gasteiger partial charge in [0, 0.05) is 38.1 Å². The highest BCUT2D eigenvalue weighted by molar-refractivity contribution is 8.00. The predicted octanol–water partition coefficient (Wildman–Crippen LogP) is 2.49. The van der Waals surface area contributed by atoms with Gasteiger partial charge in [-0.2, -0.15) is 11.8 Å².